The molecule has 0 spiro atoms. The van der Waals surface area contributed by atoms with E-state index in [1.54, 1.807) is 6.33 Å². The van der Waals surface area contributed by atoms with Gasteiger partial charge in [0.2, 0.25) is 0 Å². The highest BCUT2D eigenvalue weighted by Gasteiger charge is 2.21. The zero-order valence-electron chi connectivity index (χ0n) is 17.5. The van der Waals surface area contributed by atoms with Gasteiger partial charge in [-0.2, -0.15) is 0 Å². The number of benzene rings is 1. The standard InChI is InChI=1S/C22H23N7OS/c1-14-12-17(19-20(24-14)29-11-5-3-4-6-18(29)26-19)21(30)25-15-7-9-16(10-8-15)31-22-27-23-13-28(22)2/h7-10,12-13H,3-6,11H2,1-2H3,(H,25,30). The van der Waals surface area contributed by atoms with Gasteiger partial charge in [-0.1, -0.05) is 6.42 Å². The second kappa shape index (κ2) is 8.14. The SMILES string of the molecule is Cc1cc(C(=O)Nc2ccc(Sc3nncn3C)cc2)c2nc3n(c2n1)CCCCC3. The zero-order valence-corrected chi connectivity index (χ0v) is 18.3. The fourth-order valence-electron chi connectivity index (χ4n) is 3.86. The Morgan fingerprint density at radius 2 is 1.97 bits per heavy atom. The van der Waals surface area contributed by atoms with Gasteiger partial charge in [0.1, 0.15) is 17.7 Å². The number of hydrogen-bond acceptors (Lipinski definition) is 6. The number of carbonyl (C=O) groups is 1. The van der Waals surface area contributed by atoms with Gasteiger partial charge in [0.05, 0.1) is 5.56 Å². The molecule has 0 radical (unpaired) electrons. The summed E-state index contributed by atoms with van der Waals surface area (Å²) in [7, 11) is 1.91. The number of amides is 1. The summed E-state index contributed by atoms with van der Waals surface area (Å²) in [5, 5.41) is 11.8. The van der Waals surface area contributed by atoms with E-state index in [0.29, 0.717) is 11.1 Å². The van der Waals surface area contributed by atoms with Crippen LogP contribution in [0.25, 0.3) is 11.2 Å². The lowest BCUT2D eigenvalue weighted by Gasteiger charge is -2.09. The number of fused-ring (bicyclic) bond motifs is 3. The minimum atomic E-state index is -0.169. The Kier molecular flexibility index (Phi) is 5.19. The lowest BCUT2D eigenvalue weighted by Crippen LogP contribution is -2.13. The van der Waals surface area contributed by atoms with Crippen LogP contribution in [0.3, 0.4) is 0 Å². The lowest BCUT2D eigenvalue weighted by molar-refractivity contribution is 0.102. The first-order chi connectivity index (χ1) is 15.1. The Bertz CT molecular complexity index is 1260. The van der Waals surface area contributed by atoms with Gasteiger partial charge in [-0.3, -0.25) is 4.79 Å². The van der Waals surface area contributed by atoms with Crippen LogP contribution in [0.2, 0.25) is 0 Å². The smallest absolute Gasteiger partial charge is 0.258 e. The number of pyridine rings is 1. The molecule has 1 amide bonds. The summed E-state index contributed by atoms with van der Waals surface area (Å²) in [6.45, 7) is 2.83. The minimum Gasteiger partial charge on any atom is -0.322 e. The second-order valence-electron chi connectivity index (χ2n) is 7.78. The molecular formula is C22H23N7OS. The van der Waals surface area contributed by atoms with Crippen LogP contribution < -0.4 is 5.32 Å². The van der Waals surface area contributed by atoms with Gasteiger partial charge in [0.25, 0.3) is 5.91 Å². The van der Waals surface area contributed by atoms with Crippen LogP contribution in [-0.2, 0) is 20.0 Å². The van der Waals surface area contributed by atoms with Crippen LogP contribution >= 0.6 is 11.8 Å². The molecule has 4 heterocycles. The number of carbonyl (C=O) groups excluding carboxylic acids is 1. The molecular weight excluding hydrogens is 410 g/mol. The quantitative estimate of drug-likeness (QED) is 0.523. The summed E-state index contributed by atoms with van der Waals surface area (Å²) in [4.78, 5) is 23.7. The molecule has 1 aromatic carbocycles. The van der Waals surface area contributed by atoms with Crippen LogP contribution in [-0.4, -0.2) is 35.2 Å². The Morgan fingerprint density at radius 1 is 1.13 bits per heavy atom. The van der Waals surface area contributed by atoms with Crippen LogP contribution in [0.5, 0.6) is 0 Å². The molecule has 8 nitrogen and oxygen atoms in total. The summed E-state index contributed by atoms with van der Waals surface area (Å²) in [5.74, 6) is 0.863. The van der Waals surface area contributed by atoms with E-state index in [1.165, 1.54) is 18.2 Å². The van der Waals surface area contributed by atoms with Crippen molar-refractivity contribution in [2.24, 2.45) is 7.05 Å². The average molecular weight is 434 g/mol. The Hall–Kier alpha value is -3.20. The van der Waals surface area contributed by atoms with Crippen molar-refractivity contribution >= 4 is 34.5 Å². The number of rotatable bonds is 4. The predicted molar refractivity (Wildman–Crippen MR) is 119 cm³/mol. The van der Waals surface area contributed by atoms with Gasteiger partial charge in [-0.05, 0) is 61.9 Å². The first-order valence-electron chi connectivity index (χ1n) is 10.4. The van der Waals surface area contributed by atoms with Gasteiger partial charge < -0.3 is 14.5 Å². The largest absolute Gasteiger partial charge is 0.322 e. The highest BCUT2D eigenvalue weighted by atomic mass is 32.2. The molecule has 1 aliphatic rings. The second-order valence-corrected chi connectivity index (χ2v) is 8.82. The molecule has 1 aliphatic heterocycles. The van der Waals surface area contributed by atoms with Gasteiger partial charge >= 0.3 is 0 Å². The maximum Gasteiger partial charge on any atom is 0.258 e. The van der Waals surface area contributed by atoms with E-state index in [0.717, 1.165) is 58.7 Å². The predicted octanol–water partition coefficient (Wildman–Crippen LogP) is 4.00. The number of nitrogens with one attached hydrogen (secondary N) is 1. The van der Waals surface area contributed by atoms with Crippen LogP contribution in [0.15, 0.2) is 46.7 Å². The van der Waals surface area contributed by atoms with Crippen molar-refractivity contribution in [3.63, 3.8) is 0 Å². The molecule has 0 unspecified atom stereocenters. The van der Waals surface area contributed by atoms with E-state index in [2.05, 4.69) is 20.1 Å². The molecule has 158 valence electrons. The summed E-state index contributed by atoms with van der Waals surface area (Å²) >= 11 is 1.52. The normalized spacial score (nSPS) is 13.7. The van der Waals surface area contributed by atoms with Crippen molar-refractivity contribution in [3.05, 3.63) is 53.7 Å². The summed E-state index contributed by atoms with van der Waals surface area (Å²) < 4.78 is 4.05. The topological polar surface area (TPSA) is 90.5 Å². The fourth-order valence-corrected chi connectivity index (χ4v) is 4.63. The molecule has 0 saturated carbocycles. The van der Waals surface area contributed by atoms with Gasteiger partial charge in [0, 0.05) is 36.3 Å². The molecule has 3 aromatic heterocycles. The molecule has 0 aliphatic carbocycles. The molecule has 0 saturated heterocycles. The molecule has 0 atom stereocenters. The number of nitrogens with zero attached hydrogens (tertiary/aromatic N) is 6. The van der Waals surface area contributed by atoms with E-state index in [4.69, 9.17) is 9.97 Å². The lowest BCUT2D eigenvalue weighted by atomic mass is 10.1. The third kappa shape index (κ3) is 3.93. The molecule has 0 bridgehead atoms. The van der Waals surface area contributed by atoms with E-state index in [1.807, 2.05) is 48.9 Å². The van der Waals surface area contributed by atoms with Gasteiger partial charge in [-0.25, -0.2) is 9.97 Å². The third-order valence-corrected chi connectivity index (χ3v) is 6.49. The fraction of sp³-hybridized carbons (Fsp3) is 0.318. The number of anilines is 1. The minimum absolute atomic E-state index is 0.169. The summed E-state index contributed by atoms with van der Waals surface area (Å²) in [5.41, 5.74) is 3.63. The number of hydrogen-bond donors (Lipinski definition) is 1. The molecule has 1 N–H and O–H groups in total. The molecule has 4 aromatic rings. The third-order valence-electron chi connectivity index (χ3n) is 5.43. The van der Waals surface area contributed by atoms with E-state index in [9.17, 15) is 4.79 Å². The van der Waals surface area contributed by atoms with Crippen LogP contribution in [0.4, 0.5) is 5.69 Å². The van der Waals surface area contributed by atoms with E-state index in [-0.39, 0.29) is 5.91 Å². The molecule has 0 fully saturated rings. The zero-order chi connectivity index (χ0) is 21.4. The van der Waals surface area contributed by atoms with Crippen molar-refractivity contribution in [1.82, 2.24) is 29.3 Å². The van der Waals surface area contributed by atoms with Gasteiger partial charge in [-0.15, -0.1) is 10.2 Å². The van der Waals surface area contributed by atoms with Crippen LogP contribution in [0.1, 0.15) is 41.1 Å². The first-order valence-corrected chi connectivity index (χ1v) is 11.2. The maximum absolute atomic E-state index is 13.1. The highest BCUT2D eigenvalue weighted by molar-refractivity contribution is 7.99. The van der Waals surface area contributed by atoms with Crippen molar-refractivity contribution in [1.29, 1.82) is 0 Å². The average Bonchev–Trinajstić information content (AvgIpc) is 3.22. The number of aromatic nitrogens is 6. The van der Waals surface area contributed by atoms with Crippen LogP contribution in [0, 0.1) is 6.92 Å². The summed E-state index contributed by atoms with van der Waals surface area (Å²) in [6.07, 6.45) is 6.05. The first kappa shape index (κ1) is 19.7. The highest BCUT2D eigenvalue weighted by Crippen LogP contribution is 2.27. The van der Waals surface area contributed by atoms with Crippen molar-refractivity contribution in [2.75, 3.05) is 5.32 Å². The Labute approximate surface area is 184 Å². The Morgan fingerprint density at radius 3 is 2.74 bits per heavy atom. The van der Waals surface area contributed by atoms with Gasteiger partial charge in [0.15, 0.2) is 10.8 Å². The molecule has 5 rings (SSSR count). The number of aryl methyl sites for hydroxylation is 4. The van der Waals surface area contributed by atoms with Crippen molar-refractivity contribution < 1.29 is 4.79 Å². The van der Waals surface area contributed by atoms with E-state index < -0.39 is 0 Å². The molecule has 31 heavy (non-hydrogen) atoms. The monoisotopic (exact) mass is 433 g/mol. The van der Waals surface area contributed by atoms with Crippen molar-refractivity contribution in [2.45, 2.75) is 49.2 Å². The Balaban J connectivity index is 1.39. The summed E-state index contributed by atoms with van der Waals surface area (Å²) in [6, 6.07) is 9.53. The maximum atomic E-state index is 13.1. The van der Waals surface area contributed by atoms with E-state index >= 15 is 0 Å². The number of imidazole rings is 1. The van der Waals surface area contributed by atoms with Crippen molar-refractivity contribution in [3.8, 4) is 0 Å². The molecule has 9 heteroatoms.